The molecule has 0 radical (unpaired) electrons. The Hall–Kier alpha value is -1.59. The normalized spacial score (nSPS) is 17.9. The summed E-state index contributed by atoms with van der Waals surface area (Å²) in [7, 11) is 0. The highest BCUT2D eigenvalue weighted by atomic mass is 35.5. The Balaban J connectivity index is 1.98. The van der Waals surface area contributed by atoms with Crippen LogP contribution in [0.25, 0.3) is 0 Å². The van der Waals surface area contributed by atoms with E-state index < -0.39 is 6.10 Å². The Morgan fingerprint density at radius 3 is 3.00 bits per heavy atom. The first-order chi connectivity index (χ1) is 9.54. The van der Waals surface area contributed by atoms with Gasteiger partial charge in [0.15, 0.2) is 6.10 Å². The number of anilines is 1. The van der Waals surface area contributed by atoms with Crippen LogP contribution in [-0.2, 0) is 11.3 Å². The van der Waals surface area contributed by atoms with Gasteiger partial charge in [0.05, 0.1) is 22.9 Å². The molecule has 0 saturated heterocycles. The maximum Gasteiger partial charge on any atom is 0.268 e. The van der Waals surface area contributed by atoms with Crippen molar-refractivity contribution in [2.45, 2.75) is 26.5 Å². The van der Waals surface area contributed by atoms with Crippen LogP contribution >= 0.6 is 22.9 Å². The van der Waals surface area contributed by atoms with E-state index in [4.69, 9.17) is 16.3 Å². The summed E-state index contributed by atoms with van der Waals surface area (Å²) in [5, 5.41) is 3.55. The number of rotatable bonds is 2. The first-order valence-corrected chi connectivity index (χ1v) is 7.49. The number of carbonyl (C=O) groups is 1. The molecule has 1 unspecified atom stereocenters. The van der Waals surface area contributed by atoms with Crippen LogP contribution in [0.4, 0.5) is 5.69 Å². The number of amides is 1. The van der Waals surface area contributed by atoms with Gasteiger partial charge in [-0.15, -0.1) is 11.3 Å². The van der Waals surface area contributed by atoms with Gasteiger partial charge in [-0.3, -0.25) is 9.69 Å². The monoisotopic (exact) mass is 308 g/mol. The van der Waals surface area contributed by atoms with Crippen LogP contribution in [0.15, 0.2) is 23.6 Å². The van der Waals surface area contributed by atoms with E-state index in [1.807, 2.05) is 12.3 Å². The quantitative estimate of drug-likeness (QED) is 0.853. The van der Waals surface area contributed by atoms with Crippen LogP contribution in [0.2, 0.25) is 5.02 Å². The molecule has 1 aliphatic heterocycles. The smallest absolute Gasteiger partial charge is 0.268 e. The highest BCUT2D eigenvalue weighted by Gasteiger charge is 2.31. The van der Waals surface area contributed by atoms with E-state index in [9.17, 15) is 4.79 Å². The minimum absolute atomic E-state index is 0.0644. The Labute approximate surface area is 126 Å². The van der Waals surface area contributed by atoms with E-state index in [1.165, 1.54) is 0 Å². The number of thiazole rings is 1. The Morgan fingerprint density at radius 1 is 1.50 bits per heavy atom. The Morgan fingerprint density at radius 2 is 2.30 bits per heavy atom. The fourth-order valence-corrected chi connectivity index (χ4v) is 2.96. The van der Waals surface area contributed by atoms with Crippen LogP contribution in [0.3, 0.4) is 0 Å². The highest BCUT2D eigenvalue weighted by molar-refractivity contribution is 7.09. The van der Waals surface area contributed by atoms with Crippen LogP contribution in [0.5, 0.6) is 5.75 Å². The third-order valence-corrected chi connectivity index (χ3v) is 4.17. The summed E-state index contributed by atoms with van der Waals surface area (Å²) < 4.78 is 5.60. The van der Waals surface area contributed by atoms with Crippen LogP contribution in [0.1, 0.15) is 17.6 Å². The lowest BCUT2D eigenvalue weighted by atomic mass is 10.2. The first kappa shape index (κ1) is 13.4. The molecule has 1 aromatic carbocycles. The van der Waals surface area contributed by atoms with E-state index in [0.29, 0.717) is 17.3 Å². The van der Waals surface area contributed by atoms with Crippen molar-refractivity contribution in [3.8, 4) is 5.75 Å². The van der Waals surface area contributed by atoms with Crippen molar-refractivity contribution in [3.05, 3.63) is 39.3 Å². The molecule has 0 spiro atoms. The number of hydrogen-bond acceptors (Lipinski definition) is 4. The molecule has 0 fully saturated rings. The molecule has 3 rings (SSSR count). The molecule has 6 heteroatoms. The average molecular weight is 309 g/mol. The lowest BCUT2D eigenvalue weighted by Crippen LogP contribution is -2.44. The molecular weight excluding hydrogens is 296 g/mol. The number of aryl methyl sites for hydroxylation is 1. The van der Waals surface area contributed by atoms with Gasteiger partial charge in [0, 0.05) is 16.5 Å². The number of carbonyl (C=O) groups excluding carboxylic acids is 1. The zero-order chi connectivity index (χ0) is 14.3. The van der Waals surface area contributed by atoms with Crippen molar-refractivity contribution in [2.24, 2.45) is 0 Å². The number of aromatic nitrogens is 1. The van der Waals surface area contributed by atoms with Gasteiger partial charge in [0.25, 0.3) is 5.91 Å². The number of nitrogens with zero attached hydrogens (tertiary/aromatic N) is 2. The maximum absolute atomic E-state index is 12.3. The molecule has 1 aromatic heterocycles. The standard InChI is InChI=1S/C14H13ClN2O2S/c1-8-14(18)17(6-11-7-20-9(2)16-11)12-4-3-10(15)5-13(12)19-8/h3-5,7-8H,6H2,1-2H3. The van der Waals surface area contributed by atoms with Crippen molar-refractivity contribution in [1.82, 2.24) is 4.98 Å². The lowest BCUT2D eigenvalue weighted by molar-refractivity contribution is -0.125. The average Bonchev–Trinajstić information content (AvgIpc) is 2.80. The van der Waals surface area contributed by atoms with Crippen LogP contribution < -0.4 is 9.64 Å². The molecule has 0 aliphatic carbocycles. The fraction of sp³-hybridized carbons (Fsp3) is 0.286. The van der Waals surface area contributed by atoms with Crippen molar-refractivity contribution in [3.63, 3.8) is 0 Å². The minimum atomic E-state index is -0.513. The van der Waals surface area contributed by atoms with Crippen molar-refractivity contribution < 1.29 is 9.53 Å². The van der Waals surface area contributed by atoms with Gasteiger partial charge >= 0.3 is 0 Å². The van der Waals surface area contributed by atoms with E-state index in [2.05, 4.69) is 4.98 Å². The second kappa shape index (κ2) is 5.07. The van der Waals surface area contributed by atoms with Crippen molar-refractivity contribution >= 4 is 34.5 Å². The predicted octanol–water partition coefficient (Wildman–Crippen LogP) is 3.42. The third kappa shape index (κ3) is 2.39. The van der Waals surface area contributed by atoms with Crippen LogP contribution in [0, 0.1) is 6.92 Å². The summed E-state index contributed by atoms with van der Waals surface area (Å²) in [6.45, 7) is 4.14. The summed E-state index contributed by atoms with van der Waals surface area (Å²) in [5.41, 5.74) is 1.62. The van der Waals surface area contributed by atoms with Crippen molar-refractivity contribution in [2.75, 3.05) is 4.90 Å². The van der Waals surface area contributed by atoms with Crippen molar-refractivity contribution in [1.29, 1.82) is 0 Å². The third-order valence-electron chi connectivity index (χ3n) is 3.12. The van der Waals surface area contributed by atoms with E-state index >= 15 is 0 Å². The second-order valence-electron chi connectivity index (χ2n) is 4.65. The molecule has 2 heterocycles. The summed E-state index contributed by atoms with van der Waals surface area (Å²) in [6.07, 6.45) is -0.513. The molecule has 4 nitrogen and oxygen atoms in total. The number of fused-ring (bicyclic) bond motifs is 1. The minimum Gasteiger partial charge on any atom is -0.479 e. The zero-order valence-corrected chi connectivity index (χ0v) is 12.7. The van der Waals surface area contributed by atoms with Gasteiger partial charge in [-0.1, -0.05) is 11.6 Å². The number of benzene rings is 1. The number of ether oxygens (including phenoxy) is 1. The summed E-state index contributed by atoms with van der Waals surface area (Å²) in [5.74, 6) is 0.571. The molecular formula is C14H13ClN2O2S. The van der Waals surface area contributed by atoms with Gasteiger partial charge in [-0.05, 0) is 26.0 Å². The van der Waals surface area contributed by atoms with Gasteiger partial charge < -0.3 is 4.74 Å². The molecule has 0 N–H and O–H groups in total. The molecule has 0 saturated carbocycles. The lowest BCUT2D eigenvalue weighted by Gasteiger charge is -2.32. The van der Waals surface area contributed by atoms with Gasteiger partial charge in [0.1, 0.15) is 5.75 Å². The topological polar surface area (TPSA) is 42.4 Å². The second-order valence-corrected chi connectivity index (χ2v) is 6.15. The maximum atomic E-state index is 12.3. The molecule has 20 heavy (non-hydrogen) atoms. The summed E-state index contributed by atoms with van der Waals surface area (Å²) >= 11 is 7.56. The molecule has 2 aromatic rings. The summed E-state index contributed by atoms with van der Waals surface area (Å²) in [6, 6.07) is 5.30. The fourth-order valence-electron chi connectivity index (χ4n) is 2.19. The van der Waals surface area contributed by atoms with Crippen LogP contribution in [-0.4, -0.2) is 17.0 Å². The largest absolute Gasteiger partial charge is 0.479 e. The molecule has 0 bridgehead atoms. The Bertz CT molecular complexity index is 671. The number of halogens is 1. The van der Waals surface area contributed by atoms with Gasteiger partial charge in [0.2, 0.25) is 0 Å². The van der Waals surface area contributed by atoms with E-state index in [-0.39, 0.29) is 5.91 Å². The molecule has 104 valence electrons. The molecule has 1 atom stereocenters. The highest BCUT2D eigenvalue weighted by Crippen LogP contribution is 2.37. The molecule has 1 aliphatic rings. The van der Waals surface area contributed by atoms with Gasteiger partial charge in [-0.2, -0.15) is 0 Å². The Kier molecular flexibility index (Phi) is 3.40. The zero-order valence-electron chi connectivity index (χ0n) is 11.1. The first-order valence-electron chi connectivity index (χ1n) is 6.23. The molecule has 1 amide bonds. The van der Waals surface area contributed by atoms with Gasteiger partial charge in [-0.25, -0.2) is 4.98 Å². The van der Waals surface area contributed by atoms with E-state index in [1.54, 1.807) is 41.4 Å². The number of hydrogen-bond donors (Lipinski definition) is 0. The predicted molar refractivity (Wildman–Crippen MR) is 79.6 cm³/mol. The SMILES string of the molecule is Cc1nc(CN2C(=O)C(C)Oc3cc(Cl)ccc32)cs1. The van der Waals surface area contributed by atoms with E-state index in [0.717, 1.165) is 16.4 Å². The summed E-state index contributed by atoms with van der Waals surface area (Å²) in [4.78, 5) is 18.4.